The van der Waals surface area contributed by atoms with Gasteiger partial charge in [-0.15, -0.1) is 0 Å². The fraction of sp³-hybridized carbons (Fsp3) is 0.682. The van der Waals surface area contributed by atoms with Crippen LogP contribution in [-0.2, 0) is 22.7 Å². The molecule has 0 unspecified atom stereocenters. The van der Waals surface area contributed by atoms with E-state index in [0.717, 1.165) is 4.57 Å². The number of hydrogen-bond acceptors (Lipinski definition) is 6. The number of fused-ring (bicyclic) bond motifs is 1. The van der Waals surface area contributed by atoms with E-state index in [1.54, 1.807) is 27.7 Å². The van der Waals surface area contributed by atoms with E-state index in [1.165, 1.54) is 9.47 Å². The molecule has 10 nitrogen and oxygen atoms in total. The molecule has 10 heteroatoms. The van der Waals surface area contributed by atoms with Crippen molar-refractivity contribution in [1.29, 1.82) is 0 Å². The summed E-state index contributed by atoms with van der Waals surface area (Å²) in [6.45, 7) is 13.9. The van der Waals surface area contributed by atoms with E-state index in [0.29, 0.717) is 6.42 Å². The molecule has 1 aliphatic rings. The third kappa shape index (κ3) is 5.46. The van der Waals surface area contributed by atoms with Crippen molar-refractivity contribution in [2.45, 2.75) is 92.0 Å². The first-order valence-corrected chi connectivity index (χ1v) is 10.9. The van der Waals surface area contributed by atoms with Crippen molar-refractivity contribution in [3.8, 4) is 0 Å². The molecule has 2 rings (SSSR count). The SMILES string of the molecule is CCCn1c2c(c(=O)n(CC(=O)NC(C)(C)C)c1=O)C(=O)[C@H](C)N2CC(=O)NC(C)(C)C. The zero-order valence-corrected chi connectivity index (χ0v) is 20.3. The van der Waals surface area contributed by atoms with Crippen LogP contribution in [0, 0.1) is 0 Å². The van der Waals surface area contributed by atoms with Crippen molar-refractivity contribution in [3.63, 3.8) is 0 Å². The van der Waals surface area contributed by atoms with Crippen LogP contribution in [0.25, 0.3) is 0 Å². The van der Waals surface area contributed by atoms with Gasteiger partial charge in [0.25, 0.3) is 5.56 Å². The van der Waals surface area contributed by atoms with Crippen molar-refractivity contribution < 1.29 is 14.4 Å². The second-order valence-corrected chi connectivity index (χ2v) is 10.3. The average Bonchev–Trinajstić information content (AvgIpc) is 2.84. The van der Waals surface area contributed by atoms with Crippen molar-refractivity contribution in [1.82, 2.24) is 19.8 Å². The predicted molar refractivity (Wildman–Crippen MR) is 122 cm³/mol. The van der Waals surface area contributed by atoms with Crippen LogP contribution in [0.2, 0.25) is 0 Å². The predicted octanol–water partition coefficient (Wildman–Crippen LogP) is 0.641. The van der Waals surface area contributed by atoms with Gasteiger partial charge in [-0.25, -0.2) is 9.36 Å². The zero-order chi connectivity index (χ0) is 24.6. The molecule has 0 fully saturated rings. The fourth-order valence-electron chi connectivity index (χ4n) is 3.73. The van der Waals surface area contributed by atoms with Crippen LogP contribution in [0.1, 0.15) is 72.2 Å². The maximum Gasteiger partial charge on any atom is 0.333 e. The topological polar surface area (TPSA) is 123 Å². The molecule has 1 atom stereocenters. The number of aromatic nitrogens is 2. The molecule has 0 bridgehead atoms. The van der Waals surface area contributed by atoms with Crippen LogP contribution in [0.15, 0.2) is 9.59 Å². The zero-order valence-electron chi connectivity index (χ0n) is 20.3. The molecule has 0 saturated heterocycles. The second-order valence-electron chi connectivity index (χ2n) is 10.3. The van der Waals surface area contributed by atoms with Crippen LogP contribution in [-0.4, -0.2) is 50.4 Å². The quantitative estimate of drug-likeness (QED) is 0.657. The van der Waals surface area contributed by atoms with Crippen LogP contribution < -0.4 is 26.8 Å². The Morgan fingerprint density at radius 3 is 1.84 bits per heavy atom. The highest BCUT2D eigenvalue weighted by Crippen LogP contribution is 2.29. The highest BCUT2D eigenvalue weighted by molar-refractivity contribution is 6.10. The lowest BCUT2D eigenvalue weighted by molar-refractivity contribution is -0.123. The summed E-state index contributed by atoms with van der Waals surface area (Å²) in [4.78, 5) is 65.9. The van der Waals surface area contributed by atoms with Gasteiger partial charge in [0.2, 0.25) is 11.8 Å². The lowest BCUT2D eigenvalue weighted by Crippen LogP contribution is -2.50. The Hall–Kier alpha value is -2.91. The third-order valence-electron chi connectivity index (χ3n) is 4.86. The van der Waals surface area contributed by atoms with Gasteiger partial charge in [0.1, 0.15) is 17.9 Å². The highest BCUT2D eigenvalue weighted by atomic mass is 16.2. The normalized spacial score (nSPS) is 16.2. The van der Waals surface area contributed by atoms with E-state index in [-0.39, 0.29) is 30.4 Å². The summed E-state index contributed by atoms with van der Waals surface area (Å²) in [7, 11) is 0. The fourth-order valence-corrected chi connectivity index (χ4v) is 3.73. The largest absolute Gasteiger partial charge is 0.350 e. The number of hydrogen-bond donors (Lipinski definition) is 2. The van der Waals surface area contributed by atoms with Crippen LogP contribution in [0.4, 0.5) is 5.82 Å². The smallest absolute Gasteiger partial charge is 0.333 e. The maximum absolute atomic E-state index is 13.2. The highest BCUT2D eigenvalue weighted by Gasteiger charge is 2.41. The molecule has 2 N–H and O–H groups in total. The van der Waals surface area contributed by atoms with Gasteiger partial charge in [-0.2, -0.15) is 0 Å². The molecule has 0 radical (unpaired) electrons. The summed E-state index contributed by atoms with van der Waals surface area (Å²) in [6.07, 6.45) is 0.559. The number of nitrogens with zero attached hydrogens (tertiary/aromatic N) is 3. The average molecular weight is 450 g/mol. The molecule has 0 aliphatic carbocycles. The van der Waals surface area contributed by atoms with E-state index in [9.17, 15) is 24.0 Å². The Labute approximate surface area is 188 Å². The summed E-state index contributed by atoms with van der Waals surface area (Å²) < 4.78 is 2.13. The minimum absolute atomic E-state index is 0.149. The molecule has 2 amide bonds. The second kappa shape index (κ2) is 8.91. The molecule has 32 heavy (non-hydrogen) atoms. The van der Waals surface area contributed by atoms with E-state index >= 15 is 0 Å². The summed E-state index contributed by atoms with van der Waals surface area (Å²) in [5, 5.41) is 5.56. The monoisotopic (exact) mass is 449 g/mol. The van der Waals surface area contributed by atoms with E-state index < -0.39 is 46.6 Å². The molecule has 1 aromatic rings. The number of rotatable bonds is 6. The minimum atomic E-state index is -0.808. The number of Topliss-reactive ketones (excluding diaryl/α,β-unsaturated/α-hetero) is 1. The molecule has 1 aromatic heterocycles. The first-order chi connectivity index (χ1) is 14.6. The first kappa shape index (κ1) is 25.4. The van der Waals surface area contributed by atoms with Gasteiger partial charge in [0.05, 0.1) is 12.6 Å². The van der Waals surface area contributed by atoms with Crippen LogP contribution in [0.3, 0.4) is 0 Å². The van der Waals surface area contributed by atoms with Crippen LogP contribution in [0.5, 0.6) is 0 Å². The Balaban J connectivity index is 2.60. The summed E-state index contributed by atoms with van der Waals surface area (Å²) in [5.74, 6) is -1.15. The van der Waals surface area contributed by atoms with E-state index in [2.05, 4.69) is 10.6 Å². The van der Waals surface area contributed by atoms with Gasteiger partial charge >= 0.3 is 5.69 Å². The summed E-state index contributed by atoms with van der Waals surface area (Å²) in [5.41, 5.74) is -2.65. The number of nitrogens with one attached hydrogen (secondary N) is 2. The lowest BCUT2D eigenvalue weighted by Gasteiger charge is -2.28. The Morgan fingerprint density at radius 2 is 1.38 bits per heavy atom. The first-order valence-electron chi connectivity index (χ1n) is 10.9. The number of ketones is 1. The van der Waals surface area contributed by atoms with Gasteiger partial charge < -0.3 is 15.5 Å². The van der Waals surface area contributed by atoms with Crippen molar-refractivity contribution in [2.75, 3.05) is 11.4 Å². The number of carbonyl (C=O) groups excluding carboxylic acids is 3. The summed E-state index contributed by atoms with van der Waals surface area (Å²) >= 11 is 0. The van der Waals surface area contributed by atoms with Crippen molar-refractivity contribution in [3.05, 3.63) is 26.4 Å². The minimum Gasteiger partial charge on any atom is -0.350 e. The summed E-state index contributed by atoms with van der Waals surface area (Å²) in [6, 6.07) is -0.787. The van der Waals surface area contributed by atoms with Gasteiger partial charge in [0.15, 0.2) is 5.78 Å². The van der Waals surface area contributed by atoms with Crippen LogP contribution >= 0.6 is 0 Å². The van der Waals surface area contributed by atoms with Gasteiger partial charge in [0, 0.05) is 17.6 Å². The molecule has 0 aromatic carbocycles. The molecule has 0 saturated carbocycles. The Kier molecular flexibility index (Phi) is 7.06. The van der Waals surface area contributed by atoms with Crippen molar-refractivity contribution in [2.24, 2.45) is 0 Å². The number of carbonyl (C=O) groups is 3. The maximum atomic E-state index is 13.2. The van der Waals surface area contributed by atoms with Gasteiger partial charge in [-0.1, -0.05) is 6.92 Å². The molecule has 0 spiro atoms. The molecular formula is C22H35N5O5. The third-order valence-corrected chi connectivity index (χ3v) is 4.86. The Bertz CT molecular complexity index is 1040. The number of amides is 2. The molecule has 178 valence electrons. The Morgan fingerprint density at radius 1 is 0.875 bits per heavy atom. The lowest BCUT2D eigenvalue weighted by atomic mass is 10.1. The number of anilines is 1. The van der Waals surface area contributed by atoms with E-state index in [1.807, 2.05) is 27.7 Å². The standard InChI is InChI=1S/C22H35N5O5/c1-9-10-25-18-16(17(30)13(2)26(18)11-14(28)23-21(3,4)5)19(31)27(20(25)32)12-15(29)24-22(6,7)8/h13H,9-12H2,1-8H3,(H,23,28)(H,24,29)/t13-/m0/s1. The molecule has 2 heterocycles. The van der Waals surface area contributed by atoms with E-state index in [4.69, 9.17) is 0 Å². The van der Waals surface area contributed by atoms with Gasteiger partial charge in [-0.3, -0.25) is 23.7 Å². The van der Waals surface area contributed by atoms with Gasteiger partial charge in [-0.05, 0) is 54.9 Å². The molecular weight excluding hydrogens is 414 g/mol. The van der Waals surface area contributed by atoms with Crippen molar-refractivity contribution >= 4 is 23.4 Å². The molecule has 1 aliphatic heterocycles.